The van der Waals surface area contributed by atoms with Crippen molar-refractivity contribution in [1.82, 2.24) is 21.0 Å². The average Bonchev–Trinajstić information content (AvgIpc) is 3.14. The van der Waals surface area contributed by atoms with Crippen LogP contribution in [-0.4, -0.2) is 22.0 Å². The lowest BCUT2D eigenvalue weighted by Crippen LogP contribution is -2.43. The number of fused-ring (bicyclic) bond motifs is 1. The van der Waals surface area contributed by atoms with Gasteiger partial charge in [0, 0.05) is 21.5 Å². The van der Waals surface area contributed by atoms with E-state index in [-0.39, 0.29) is 5.91 Å². The minimum Gasteiger partial charge on any atom is -0.361 e. The van der Waals surface area contributed by atoms with Gasteiger partial charge in [-0.15, -0.1) is 0 Å². The lowest BCUT2D eigenvalue weighted by atomic mass is 9.99. The summed E-state index contributed by atoms with van der Waals surface area (Å²) < 4.78 is 5.14. The molecule has 0 radical (unpaired) electrons. The largest absolute Gasteiger partial charge is 0.361 e. The fourth-order valence-electron chi connectivity index (χ4n) is 3.67. The van der Waals surface area contributed by atoms with Crippen LogP contribution in [0.1, 0.15) is 40.2 Å². The van der Waals surface area contributed by atoms with Crippen molar-refractivity contribution in [2.45, 2.75) is 26.7 Å². The van der Waals surface area contributed by atoms with Gasteiger partial charge in [0.05, 0.1) is 28.4 Å². The number of para-hydroxylation sites is 1. The number of amides is 2. The third-order valence-electron chi connectivity index (χ3n) is 5.31. The second-order valence-electron chi connectivity index (χ2n) is 7.48. The number of nitrogens with zero attached hydrogens (tertiary/aromatic N) is 2. The van der Waals surface area contributed by atoms with E-state index in [1.54, 1.807) is 39.0 Å². The topological polar surface area (TPSA) is 97.1 Å². The molecule has 7 nitrogen and oxygen atoms in total. The third kappa shape index (κ3) is 4.20. The normalized spacial score (nSPS) is 11.9. The maximum absolute atomic E-state index is 13.0. The number of rotatable bonds is 4. The Kier molecular flexibility index (Phi) is 5.92. The van der Waals surface area contributed by atoms with Crippen LogP contribution in [0.5, 0.6) is 0 Å². The van der Waals surface area contributed by atoms with Crippen molar-refractivity contribution in [1.29, 1.82) is 0 Å². The number of hydrogen-bond acceptors (Lipinski definition) is 5. The minimum absolute atomic E-state index is 0.371. The van der Waals surface area contributed by atoms with Crippen molar-refractivity contribution in [3.63, 3.8) is 0 Å². The van der Waals surface area contributed by atoms with Crippen molar-refractivity contribution >= 4 is 34.3 Å². The van der Waals surface area contributed by atoms with E-state index in [0.29, 0.717) is 44.2 Å². The molecular formula is C24H21ClN4O3. The number of hydrogen-bond donors (Lipinski definition) is 2. The monoisotopic (exact) mass is 448 g/mol. The molecule has 0 spiro atoms. The summed E-state index contributed by atoms with van der Waals surface area (Å²) in [6.07, 6.45) is 0. The zero-order chi connectivity index (χ0) is 22.8. The van der Waals surface area contributed by atoms with Crippen LogP contribution >= 0.6 is 11.6 Å². The number of benzene rings is 2. The van der Waals surface area contributed by atoms with Gasteiger partial charge >= 0.3 is 0 Å². The van der Waals surface area contributed by atoms with Crippen LogP contribution in [0.25, 0.3) is 22.2 Å². The molecule has 1 unspecified atom stereocenters. The summed E-state index contributed by atoms with van der Waals surface area (Å²) in [5.74, 6) is -0.785. The first kappa shape index (κ1) is 21.5. The Labute approximate surface area is 189 Å². The van der Waals surface area contributed by atoms with E-state index in [0.717, 1.165) is 5.56 Å². The first-order valence-corrected chi connectivity index (χ1v) is 10.4. The molecule has 0 aliphatic heterocycles. The summed E-state index contributed by atoms with van der Waals surface area (Å²) in [4.78, 5) is 30.4. The molecule has 0 bridgehead atoms. The smallest absolute Gasteiger partial charge is 0.270 e. The van der Waals surface area contributed by atoms with Gasteiger partial charge in [0.25, 0.3) is 5.91 Å². The Bertz CT molecular complexity index is 1300. The lowest BCUT2D eigenvalue weighted by Gasteiger charge is -2.14. The first-order valence-electron chi connectivity index (χ1n) is 10.0. The molecule has 1 atom stereocenters. The lowest BCUT2D eigenvalue weighted by molar-refractivity contribution is -0.123. The predicted molar refractivity (Wildman–Crippen MR) is 122 cm³/mol. The number of nitrogens with one attached hydrogen (secondary N) is 2. The van der Waals surface area contributed by atoms with E-state index >= 15 is 0 Å². The molecular weight excluding hydrogens is 428 g/mol. The number of pyridine rings is 1. The third-order valence-corrected chi connectivity index (χ3v) is 5.57. The van der Waals surface area contributed by atoms with Crippen LogP contribution in [-0.2, 0) is 4.79 Å². The van der Waals surface area contributed by atoms with E-state index in [1.165, 1.54) is 0 Å². The van der Waals surface area contributed by atoms with Gasteiger partial charge in [0.1, 0.15) is 5.76 Å². The number of carbonyl (C=O) groups excluding carboxylic acids is 2. The Morgan fingerprint density at radius 1 is 1.03 bits per heavy atom. The molecule has 4 rings (SSSR count). The number of hydrazine groups is 1. The predicted octanol–water partition coefficient (Wildman–Crippen LogP) is 4.72. The molecule has 0 saturated carbocycles. The Balaban J connectivity index is 1.60. The fourth-order valence-corrected chi connectivity index (χ4v) is 3.79. The Hall–Kier alpha value is -3.71. The number of aryl methyl sites for hydroxylation is 2. The van der Waals surface area contributed by atoms with Gasteiger partial charge < -0.3 is 4.52 Å². The quantitative estimate of drug-likeness (QED) is 0.440. The van der Waals surface area contributed by atoms with Crippen molar-refractivity contribution in [3.05, 3.63) is 82.2 Å². The zero-order valence-electron chi connectivity index (χ0n) is 17.8. The van der Waals surface area contributed by atoms with E-state index in [2.05, 4.69) is 21.0 Å². The first-order chi connectivity index (χ1) is 15.3. The van der Waals surface area contributed by atoms with Crippen molar-refractivity contribution < 1.29 is 14.1 Å². The van der Waals surface area contributed by atoms with E-state index in [4.69, 9.17) is 16.1 Å². The van der Waals surface area contributed by atoms with Gasteiger partial charge in [-0.3, -0.25) is 20.4 Å². The summed E-state index contributed by atoms with van der Waals surface area (Å²) in [6, 6.07) is 16.3. The summed E-state index contributed by atoms with van der Waals surface area (Å²) in [6.45, 7) is 5.25. The molecule has 0 saturated heterocycles. The molecule has 0 fully saturated rings. The molecule has 0 aliphatic carbocycles. The highest BCUT2D eigenvalue weighted by atomic mass is 35.5. The molecule has 2 aromatic carbocycles. The van der Waals surface area contributed by atoms with Crippen LogP contribution in [0.15, 0.2) is 59.1 Å². The van der Waals surface area contributed by atoms with Crippen LogP contribution in [0.3, 0.4) is 0 Å². The molecule has 2 aromatic heterocycles. The molecule has 162 valence electrons. The molecule has 4 aromatic rings. The fraction of sp³-hybridized carbons (Fsp3) is 0.167. The number of carbonyl (C=O) groups is 2. The maximum Gasteiger partial charge on any atom is 0.270 e. The SMILES string of the molecule is Cc1noc(C)c1C(C)C(=O)NNC(=O)c1cc(-c2ccc(Cl)cc2)nc2ccccc12. The number of aromatic nitrogens is 2. The van der Waals surface area contributed by atoms with Crippen molar-refractivity contribution in [2.75, 3.05) is 0 Å². The van der Waals surface area contributed by atoms with Crippen LogP contribution < -0.4 is 10.9 Å². The van der Waals surface area contributed by atoms with Crippen molar-refractivity contribution in [2.24, 2.45) is 0 Å². The number of halogens is 1. The Morgan fingerprint density at radius 2 is 1.75 bits per heavy atom. The van der Waals surface area contributed by atoms with Gasteiger partial charge in [-0.05, 0) is 45.0 Å². The van der Waals surface area contributed by atoms with Gasteiger partial charge in [0.15, 0.2) is 0 Å². The summed E-state index contributed by atoms with van der Waals surface area (Å²) >= 11 is 5.99. The Morgan fingerprint density at radius 3 is 2.44 bits per heavy atom. The summed E-state index contributed by atoms with van der Waals surface area (Å²) in [5.41, 5.74) is 8.89. The molecule has 2 heterocycles. The zero-order valence-corrected chi connectivity index (χ0v) is 18.5. The minimum atomic E-state index is -0.541. The average molecular weight is 449 g/mol. The molecule has 2 N–H and O–H groups in total. The van der Waals surface area contributed by atoms with E-state index in [9.17, 15) is 9.59 Å². The second kappa shape index (κ2) is 8.80. The van der Waals surface area contributed by atoms with E-state index < -0.39 is 11.8 Å². The van der Waals surface area contributed by atoms with Gasteiger partial charge in [-0.1, -0.05) is 47.1 Å². The second-order valence-corrected chi connectivity index (χ2v) is 7.92. The highest BCUT2D eigenvalue weighted by Gasteiger charge is 2.23. The van der Waals surface area contributed by atoms with Gasteiger partial charge in [-0.2, -0.15) is 0 Å². The molecule has 32 heavy (non-hydrogen) atoms. The highest BCUT2D eigenvalue weighted by molar-refractivity contribution is 6.30. The van der Waals surface area contributed by atoms with Crippen LogP contribution in [0.2, 0.25) is 5.02 Å². The summed E-state index contributed by atoms with van der Waals surface area (Å²) in [5, 5.41) is 5.17. The van der Waals surface area contributed by atoms with Crippen LogP contribution in [0, 0.1) is 13.8 Å². The standard InChI is InChI=1S/C24H21ClN4O3/c1-13(22-14(2)29-32-15(22)3)23(30)27-28-24(31)19-12-21(16-8-10-17(25)11-9-16)26-20-7-5-4-6-18(19)20/h4-13H,1-3H3,(H,27,30)(H,28,31). The van der Waals surface area contributed by atoms with Crippen LogP contribution in [0.4, 0.5) is 0 Å². The molecule has 2 amide bonds. The molecule has 8 heteroatoms. The highest BCUT2D eigenvalue weighted by Crippen LogP contribution is 2.26. The van der Waals surface area contributed by atoms with Crippen molar-refractivity contribution in [3.8, 4) is 11.3 Å². The summed E-state index contributed by atoms with van der Waals surface area (Å²) in [7, 11) is 0. The van der Waals surface area contributed by atoms with E-state index in [1.807, 2.05) is 36.4 Å². The molecule has 0 aliphatic rings. The van der Waals surface area contributed by atoms with Gasteiger partial charge in [-0.25, -0.2) is 4.98 Å². The maximum atomic E-state index is 13.0. The van der Waals surface area contributed by atoms with Gasteiger partial charge in [0.2, 0.25) is 5.91 Å².